The van der Waals surface area contributed by atoms with Crippen LogP contribution in [0, 0.1) is 13.7 Å². The zero-order chi connectivity index (χ0) is 13.3. The second-order valence-corrected chi connectivity index (χ2v) is 4.67. The van der Waals surface area contributed by atoms with Gasteiger partial charge in [0.2, 0.25) is 5.91 Å². The minimum atomic E-state index is -0.645. The highest BCUT2D eigenvalue weighted by Gasteiger charge is 2.18. The van der Waals surface area contributed by atoms with Gasteiger partial charge in [-0.2, -0.15) is 5.10 Å². The van der Waals surface area contributed by atoms with Gasteiger partial charge < -0.3 is 5.73 Å². The fourth-order valence-electron chi connectivity index (χ4n) is 1.45. The molecule has 0 atom stereocenters. The van der Waals surface area contributed by atoms with E-state index < -0.39 is 10.8 Å². The topological polar surface area (TPSA) is 104 Å². The van der Waals surface area contributed by atoms with Gasteiger partial charge in [-0.25, -0.2) is 4.68 Å². The lowest BCUT2D eigenvalue weighted by molar-refractivity contribution is -0.384. The molecule has 0 fully saturated rings. The molecule has 0 aliphatic heterocycles. The number of halogens is 1. The molecule has 0 aliphatic carbocycles. The highest BCUT2D eigenvalue weighted by atomic mass is 127. The number of carbonyl (C=O) groups excluding carboxylic acids is 1. The number of nitro groups is 1. The van der Waals surface area contributed by atoms with Crippen LogP contribution < -0.4 is 5.73 Å². The minimum Gasteiger partial charge on any atom is -0.366 e. The van der Waals surface area contributed by atoms with E-state index in [9.17, 15) is 14.9 Å². The normalized spacial score (nSPS) is 10.3. The molecule has 7 nitrogen and oxygen atoms in total. The van der Waals surface area contributed by atoms with Crippen molar-refractivity contribution >= 4 is 34.2 Å². The molecule has 1 heterocycles. The molecule has 2 rings (SSSR count). The van der Waals surface area contributed by atoms with Gasteiger partial charge in [0.05, 0.1) is 14.7 Å². The molecule has 0 unspecified atom stereocenters. The standard InChI is InChI=1S/C10H7IN4O3/c11-7-4-13-14(5-7)9-3-6(10(12)16)1-2-8(9)15(17)18/h1-5H,(H2,12,16). The Morgan fingerprint density at radius 2 is 2.22 bits per heavy atom. The number of nitro benzene ring substituents is 1. The van der Waals surface area contributed by atoms with Crippen molar-refractivity contribution in [3.05, 3.63) is 49.8 Å². The highest BCUT2D eigenvalue weighted by Crippen LogP contribution is 2.24. The largest absolute Gasteiger partial charge is 0.366 e. The lowest BCUT2D eigenvalue weighted by atomic mass is 10.1. The van der Waals surface area contributed by atoms with Crippen LogP contribution in [0.5, 0.6) is 0 Å². The molecule has 0 aliphatic rings. The molecule has 1 aromatic carbocycles. The lowest BCUT2D eigenvalue weighted by Gasteiger charge is -2.04. The van der Waals surface area contributed by atoms with Gasteiger partial charge in [0.25, 0.3) is 5.69 Å². The summed E-state index contributed by atoms with van der Waals surface area (Å²) in [6.45, 7) is 0. The summed E-state index contributed by atoms with van der Waals surface area (Å²) in [6, 6.07) is 3.91. The second kappa shape index (κ2) is 4.72. The summed E-state index contributed by atoms with van der Waals surface area (Å²) in [6.07, 6.45) is 3.18. The maximum Gasteiger partial charge on any atom is 0.294 e. The highest BCUT2D eigenvalue weighted by molar-refractivity contribution is 14.1. The maximum absolute atomic E-state index is 11.1. The molecule has 1 aromatic heterocycles. The van der Waals surface area contributed by atoms with Gasteiger partial charge in [0.1, 0.15) is 5.69 Å². The Morgan fingerprint density at radius 3 is 2.72 bits per heavy atom. The Bertz CT molecular complexity index is 638. The van der Waals surface area contributed by atoms with E-state index in [1.54, 1.807) is 12.4 Å². The first kappa shape index (κ1) is 12.5. The van der Waals surface area contributed by atoms with Gasteiger partial charge in [0, 0.05) is 17.8 Å². The minimum absolute atomic E-state index is 0.139. The van der Waals surface area contributed by atoms with E-state index in [1.165, 1.54) is 22.9 Å². The van der Waals surface area contributed by atoms with Crippen molar-refractivity contribution in [2.75, 3.05) is 0 Å². The number of hydrogen-bond donors (Lipinski definition) is 1. The van der Waals surface area contributed by atoms with Crippen molar-refractivity contribution in [3.63, 3.8) is 0 Å². The Kier molecular flexibility index (Phi) is 3.28. The quantitative estimate of drug-likeness (QED) is 0.510. The van der Waals surface area contributed by atoms with Gasteiger partial charge >= 0.3 is 0 Å². The van der Waals surface area contributed by atoms with Crippen LogP contribution in [-0.4, -0.2) is 20.6 Å². The number of primary amides is 1. The van der Waals surface area contributed by atoms with Gasteiger partial charge in [-0.15, -0.1) is 0 Å². The van der Waals surface area contributed by atoms with Crippen LogP contribution in [0.25, 0.3) is 5.69 Å². The first-order valence-corrected chi connectivity index (χ1v) is 5.85. The second-order valence-electron chi connectivity index (χ2n) is 3.43. The van der Waals surface area contributed by atoms with E-state index in [-0.39, 0.29) is 16.9 Å². The summed E-state index contributed by atoms with van der Waals surface area (Å²) < 4.78 is 2.16. The SMILES string of the molecule is NC(=O)c1ccc([N+](=O)[O-])c(-n2cc(I)cn2)c1. The van der Waals surface area contributed by atoms with Gasteiger partial charge in [0.15, 0.2) is 0 Å². The number of rotatable bonds is 3. The van der Waals surface area contributed by atoms with Gasteiger partial charge in [-0.3, -0.25) is 14.9 Å². The first-order valence-electron chi connectivity index (χ1n) is 4.78. The zero-order valence-electron chi connectivity index (χ0n) is 8.91. The van der Waals surface area contributed by atoms with Crippen LogP contribution in [0.15, 0.2) is 30.6 Å². The monoisotopic (exact) mass is 358 g/mol. The van der Waals surface area contributed by atoms with E-state index in [2.05, 4.69) is 5.10 Å². The predicted molar refractivity (Wildman–Crippen MR) is 71.5 cm³/mol. The molecule has 18 heavy (non-hydrogen) atoms. The van der Waals surface area contributed by atoms with Crippen molar-refractivity contribution < 1.29 is 9.72 Å². The number of nitrogens with two attached hydrogens (primary N) is 1. The number of amides is 1. The molecule has 1 amide bonds. The number of aromatic nitrogens is 2. The molecule has 0 saturated carbocycles. The average Bonchev–Trinajstić information content (AvgIpc) is 2.74. The van der Waals surface area contributed by atoms with E-state index in [0.29, 0.717) is 0 Å². The molecule has 0 spiro atoms. The molecule has 2 N–H and O–H groups in total. The predicted octanol–water partition coefficient (Wildman–Crippen LogP) is 1.48. The Labute approximate surface area is 115 Å². The molecule has 92 valence electrons. The molecule has 0 saturated heterocycles. The average molecular weight is 358 g/mol. The van der Waals surface area contributed by atoms with Crippen molar-refractivity contribution in [2.45, 2.75) is 0 Å². The van der Waals surface area contributed by atoms with E-state index >= 15 is 0 Å². The van der Waals surface area contributed by atoms with Crippen LogP contribution in [0.2, 0.25) is 0 Å². The first-order chi connectivity index (χ1) is 8.49. The zero-order valence-corrected chi connectivity index (χ0v) is 11.1. The van der Waals surface area contributed by atoms with Crippen LogP contribution in [0.1, 0.15) is 10.4 Å². The molecular formula is C10H7IN4O3. The summed E-state index contributed by atoms with van der Waals surface area (Å²) in [4.78, 5) is 21.5. The molecule has 0 radical (unpaired) electrons. The van der Waals surface area contributed by atoms with Crippen LogP contribution in [0.4, 0.5) is 5.69 Å². The Balaban J connectivity index is 2.64. The Hall–Kier alpha value is -1.97. The third-order valence-electron chi connectivity index (χ3n) is 2.25. The van der Waals surface area contributed by atoms with Crippen LogP contribution in [-0.2, 0) is 0 Å². The summed E-state index contributed by atoms with van der Waals surface area (Å²) in [7, 11) is 0. The maximum atomic E-state index is 11.1. The van der Waals surface area contributed by atoms with E-state index in [1.807, 2.05) is 22.6 Å². The van der Waals surface area contributed by atoms with Crippen LogP contribution >= 0.6 is 22.6 Å². The summed E-state index contributed by atoms with van der Waals surface area (Å²) in [5.74, 6) is -0.645. The molecule has 8 heteroatoms. The number of benzene rings is 1. The number of carbonyl (C=O) groups is 1. The molecule has 2 aromatic rings. The van der Waals surface area contributed by atoms with Crippen molar-refractivity contribution in [1.82, 2.24) is 9.78 Å². The Morgan fingerprint density at radius 1 is 1.50 bits per heavy atom. The fourth-order valence-corrected chi connectivity index (χ4v) is 1.84. The summed E-state index contributed by atoms with van der Waals surface area (Å²) in [5.41, 5.74) is 5.42. The van der Waals surface area contributed by atoms with E-state index in [0.717, 1.165) is 3.57 Å². The van der Waals surface area contributed by atoms with Gasteiger partial charge in [-0.1, -0.05) is 0 Å². The van der Waals surface area contributed by atoms with E-state index in [4.69, 9.17) is 5.73 Å². The fraction of sp³-hybridized carbons (Fsp3) is 0. The van der Waals surface area contributed by atoms with Crippen molar-refractivity contribution in [1.29, 1.82) is 0 Å². The lowest BCUT2D eigenvalue weighted by Crippen LogP contribution is -2.12. The van der Waals surface area contributed by atoms with Crippen molar-refractivity contribution in [2.24, 2.45) is 5.73 Å². The van der Waals surface area contributed by atoms with Crippen molar-refractivity contribution in [3.8, 4) is 5.69 Å². The third-order valence-corrected chi connectivity index (χ3v) is 2.81. The summed E-state index contributed by atoms with van der Waals surface area (Å²) >= 11 is 2.03. The smallest absolute Gasteiger partial charge is 0.294 e. The molecule has 0 bridgehead atoms. The molecular weight excluding hydrogens is 351 g/mol. The third kappa shape index (κ3) is 2.32. The number of hydrogen-bond acceptors (Lipinski definition) is 4. The summed E-state index contributed by atoms with van der Waals surface area (Å²) in [5, 5.41) is 14.9. The van der Waals surface area contributed by atoms with Gasteiger partial charge in [-0.05, 0) is 34.7 Å². The van der Waals surface area contributed by atoms with Crippen LogP contribution in [0.3, 0.4) is 0 Å². The number of nitrogens with zero attached hydrogens (tertiary/aromatic N) is 3.